The molecule has 1 aromatic heterocycles. The van der Waals surface area contributed by atoms with Gasteiger partial charge in [0.25, 0.3) is 0 Å². The highest BCUT2D eigenvalue weighted by molar-refractivity contribution is 9.10. The second-order valence-corrected chi connectivity index (χ2v) is 2.38. The predicted octanol–water partition coefficient (Wildman–Crippen LogP) is 0.668. The van der Waals surface area contributed by atoms with Gasteiger partial charge in [-0.3, -0.25) is 0 Å². The molecule has 2 N–H and O–H groups in total. The maximum Gasteiger partial charge on any atom is 0.0728 e. The van der Waals surface area contributed by atoms with Gasteiger partial charge in [-0.05, 0) is 22.9 Å². The number of hydrogen-bond acceptors (Lipinski definition) is 2. The number of hydrogen-bond donors (Lipinski definition) is 1. The van der Waals surface area contributed by atoms with Crippen LogP contribution < -0.4 is 5.84 Å². The molecule has 0 unspecified atom stereocenters. The summed E-state index contributed by atoms with van der Waals surface area (Å²) in [6, 6.07) is 0. The smallest absolute Gasteiger partial charge is 0.0728 e. The minimum atomic E-state index is 0.935. The second kappa shape index (κ2) is 1.78. The van der Waals surface area contributed by atoms with Crippen molar-refractivity contribution in [3.63, 3.8) is 0 Å². The summed E-state index contributed by atoms with van der Waals surface area (Å²) in [4.78, 5) is 1.32. The Labute approximate surface area is 55.6 Å². The molecule has 0 bridgehead atoms. The van der Waals surface area contributed by atoms with Gasteiger partial charge in [-0.15, -0.1) is 0 Å². The van der Waals surface area contributed by atoms with Gasteiger partial charge in [0.15, 0.2) is 0 Å². The van der Waals surface area contributed by atoms with Crippen LogP contribution in [0, 0.1) is 6.92 Å². The van der Waals surface area contributed by atoms with Crippen LogP contribution in [0.15, 0.2) is 10.7 Å². The number of nitrogens with zero attached hydrogens (tertiary/aromatic N) is 2. The van der Waals surface area contributed by atoms with E-state index >= 15 is 0 Å². The van der Waals surface area contributed by atoms with E-state index in [0.29, 0.717) is 0 Å². The zero-order chi connectivity index (χ0) is 6.15. The molecule has 0 aliphatic heterocycles. The molecule has 0 spiro atoms. The fourth-order valence-electron chi connectivity index (χ4n) is 0.402. The molecule has 3 nitrogen and oxygen atoms in total. The number of halogens is 1. The van der Waals surface area contributed by atoms with Gasteiger partial charge in [-0.1, -0.05) is 0 Å². The molecule has 4 heteroatoms. The topological polar surface area (TPSA) is 43.8 Å². The fraction of sp³-hybridized carbons (Fsp3) is 0.250. The third-order valence-corrected chi connectivity index (χ3v) is 1.76. The molecular weight excluding hydrogens is 170 g/mol. The lowest BCUT2D eigenvalue weighted by Crippen LogP contribution is -2.11. The zero-order valence-corrected chi connectivity index (χ0v) is 6.01. The Kier molecular flexibility index (Phi) is 1.25. The Hall–Kier alpha value is -0.510. The average molecular weight is 176 g/mol. The van der Waals surface area contributed by atoms with Crippen LogP contribution in [0.2, 0.25) is 0 Å². The number of aromatic nitrogens is 2. The van der Waals surface area contributed by atoms with Crippen molar-refractivity contribution in [3.05, 3.63) is 16.4 Å². The standard InChI is InChI=1S/C4H6BrN3/c1-3-4(5)2-7-8(3)6/h2H,6H2,1H3. The third-order valence-electron chi connectivity index (χ3n) is 0.985. The minimum Gasteiger partial charge on any atom is -0.323 e. The molecule has 0 fully saturated rings. The summed E-state index contributed by atoms with van der Waals surface area (Å²) in [7, 11) is 0. The van der Waals surface area contributed by atoms with Gasteiger partial charge in [0.2, 0.25) is 0 Å². The van der Waals surface area contributed by atoms with Crippen LogP contribution in [-0.2, 0) is 0 Å². The maximum atomic E-state index is 5.32. The second-order valence-electron chi connectivity index (χ2n) is 1.52. The van der Waals surface area contributed by atoms with Gasteiger partial charge >= 0.3 is 0 Å². The van der Waals surface area contributed by atoms with Gasteiger partial charge in [0, 0.05) is 0 Å². The number of nitrogen functional groups attached to an aromatic ring is 1. The van der Waals surface area contributed by atoms with Crippen LogP contribution in [0.1, 0.15) is 5.69 Å². The lowest BCUT2D eigenvalue weighted by molar-refractivity contribution is 0.800. The van der Waals surface area contributed by atoms with E-state index in [2.05, 4.69) is 21.0 Å². The highest BCUT2D eigenvalue weighted by atomic mass is 79.9. The Bertz CT molecular complexity index is 174. The third kappa shape index (κ3) is 0.709. The van der Waals surface area contributed by atoms with Crippen molar-refractivity contribution < 1.29 is 0 Å². The zero-order valence-electron chi connectivity index (χ0n) is 4.43. The molecule has 1 heterocycles. The van der Waals surface area contributed by atoms with Gasteiger partial charge in [0.05, 0.1) is 16.4 Å². The monoisotopic (exact) mass is 175 g/mol. The molecule has 0 saturated carbocycles. The molecule has 0 saturated heterocycles. The maximum absolute atomic E-state index is 5.32. The van der Waals surface area contributed by atoms with Crippen molar-refractivity contribution >= 4 is 15.9 Å². The number of nitrogens with two attached hydrogens (primary N) is 1. The van der Waals surface area contributed by atoms with Crippen molar-refractivity contribution in [1.29, 1.82) is 0 Å². The molecule has 1 aromatic rings. The molecule has 8 heavy (non-hydrogen) atoms. The SMILES string of the molecule is Cc1c(Br)cnn1N. The fourth-order valence-corrected chi connectivity index (χ4v) is 0.676. The molecule has 0 atom stereocenters. The summed E-state index contributed by atoms with van der Waals surface area (Å²) in [5, 5.41) is 3.76. The molecule has 0 aromatic carbocycles. The summed E-state index contributed by atoms with van der Waals surface area (Å²) in [6.07, 6.45) is 1.66. The van der Waals surface area contributed by atoms with Gasteiger partial charge in [-0.2, -0.15) is 9.89 Å². The minimum absolute atomic E-state index is 0.935. The highest BCUT2D eigenvalue weighted by Gasteiger charge is 1.96. The van der Waals surface area contributed by atoms with E-state index in [4.69, 9.17) is 5.84 Å². The van der Waals surface area contributed by atoms with Crippen LogP contribution in [0.25, 0.3) is 0 Å². The van der Waals surface area contributed by atoms with E-state index in [1.807, 2.05) is 6.92 Å². The van der Waals surface area contributed by atoms with E-state index < -0.39 is 0 Å². The summed E-state index contributed by atoms with van der Waals surface area (Å²) >= 11 is 3.25. The number of rotatable bonds is 0. The van der Waals surface area contributed by atoms with Gasteiger partial charge < -0.3 is 5.84 Å². The largest absolute Gasteiger partial charge is 0.323 e. The Morgan fingerprint density at radius 1 is 1.88 bits per heavy atom. The Morgan fingerprint density at radius 3 is 2.62 bits per heavy atom. The molecule has 0 aliphatic carbocycles. The summed E-state index contributed by atoms with van der Waals surface area (Å²) < 4.78 is 0.944. The molecule has 0 aliphatic rings. The first-order valence-corrected chi connectivity index (χ1v) is 2.96. The van der Waals surface area contributed by atoms with Crippen LogP contribution >= 0.6 is 15.9 Å². The lowest BCUT2D eigenvalue weighted by atomic mass is 10.5. The van der Waals surface area contributed by atoms with Crippen molar-refractivity contribution in [2.24, 2.45) is 0 Å². The van der Waals surface area contributed by atoms with Crippen LogP contribution in [-0.4, -0.2) is 9.89 Å². The van der Waals surface area contributed by atoms with Crippen molar-refractivity contribution in [2.75, 3.05) is 5.84 Å². The molecule has 0 amide bonds. The van der Waals surface area contributed by atoms with E-state index in [9.17, 15) is 0 Å². The Morgan fingerprint density at radius 2 is 2.50 bits per heavy atom. The van der Waals surface area contributed by atoms with Crippen LogP contribution in [0.3, 0.4) is 0 Å². The predicted molar refractivity (Wildman–Crippen MR) is 34.8 cm³/mol. The van der Waals surface area contributed by atoms with Crippen molar-refractivity contribution in [1.82, 2.24) is 9.89 Å². The van der Waals surface area contributed by atoms with Crippen molar-refractivity contribution in [2.45, 2.75) is 6.92 Å². The summed E-state index contributed by atoms with van der Waals surface area (Å²) in [5.41, 5.74) is 0.935. The molecule has 1 rings (SSSR count). The average Bonchev–Trinajstić information content (AvgIpc) is 1.98. The van der Waals surface area contributed by atoms with E-state index in [-0.39, 0.29) is 0 Å². The summed E-state index contributed by atoms with van der Waals surface area (Å²) in [6.45, 7) is 1.89. The van der Waals surface area contributed by atoms with E-state index in [1.54, 1.807) is 6.20 Å². The first-order chi connectivity index (χ1) is 3.72. The van der Waals surface area contributed by atoms with E-state index in [1.165, 1.54) is 4.79 Å². The first-order valence-electron chi connectivity index (χ1n) is 2.17. The summed E-state index contributed by atoms with van der Waals surface area (Å²) in [5.74, 6) is 5.32. The molecular formula is C4H6BrN3. The van der Waals surface area contributed by atoms with Gasteiger partial charge in [-0.25, -0.2) is 0 Å². The highest BCUT2D eigenvalue weighted by Crippen LogP contribution is 2.11. The van der Waals surface area contributed by atoms with Gasteiger partial charge in [0.1, 0.15) is 0 Å². The lowest BCUT2D eigenvalue weighted by Gasteiger charge is -1.89. The Balaban J connectivity index is 3.19. The quantitative estimate of drug-likeness (QED) is 0.590. The van der Waals surface area contributed by atoms with E-state index in [0.717, 1.165) is 10.2 Å². The first kappa shape index (κ1) is 5.62. The molecule has 0 radical (unpaired) electrons. The van der Waals surface area contributed by atoms with Crippen molar-refractivity contribution in [3.8, 4) is 0 Å². The van der Waals surface area contributed by atoms with Crippen LogP contribution in [0.4, 0.5) is 0 Å². The normalized spacial score (nSPS) is 9.75. The molecule has 44 valence electrons. The van der Waals surface area contributed by atoms with Crippen LogP contribution in [0.5, 0.6) is 0 Å².